The molecule has 0 radical (unpaired) electrons. The second-order valence-corrected chi connectivity index (χ2v) is 7.95. The Balaban J connectivity index is 1.32. The first kappa shape index (κ1) is 19.4. The number of rotatable bonds is 6. The molecule has 0 unspecified atom stereocenters. The number of nitrogens with zero attached hydrogens (tertiary/aromatic N) is 4. The van der Waals surface area contributed by atoms with Crippen LogP contribution in [-0.2, 0) is 20.9 Å². The molecule has 2 aromatic rings. The van der Waals surface area contributed by atoms with Crippen LogP contribution in [0.15, 0.2) is 42.7 Å². The predicted octanol–water partition coefficient (Wildman–Crippen LogP) is 2.40. The molecule has 29 heavy (non-hydrogen) atoms. The first-order valence-corrected chi connectivity index (χ1v) is 10.2. The zero-order valence-corrected chi connectivity index (χ0v) is 16.7. The van der Waals surface area contributed by atoms with E-state index in [1.165, 1.54) is 4.90 Å². The van der Waals surface area contributed by atoms with Crippen molar-refractivity contribution in [3.05, 3.63) is 48.3 Å². The molecular weight excluding hydrogens is 368 g/mol. The number of amides is 3. The number of aromatic nitrogens is 2. The van der Waals surface area contributed by atoms with E-state index >= 15 is 0 Å². The minimum atomic E-state index is -0.159. The van der Waals surface area contributed by atoms with Gasteiger partial charge in [0.15, 0.2) is 0 Å². The fourth-order valence-corrected chi connectivity index (χ4v) is 4.38. The second-order valence-electron chi connectivity index (χ2n) is 7.95. The zero-order valence-electron chi connectivity index (χ0n) is 16.7. The van der Waals surface area contributed by atoms with Crippen LogP contribution in [0.4, 0.5) is 0 Å². The zero-order chi connectivity index (χ0) is 20.4. The van der Waals surface area contributed by atoms with Crippen molar-refractivity contribution in [3.63, 3.8) is 0 Å². The summed E-state index contributed by atoms with van der Waals surface area (Å²) >= 11 is 0. The van der Waals surface area contributed by atoms with Crippen molar-refractivity contribution in [2.45, 2.75) is 38.6 Å². The molecule has 1 aromatic heterocycles. The smallest absolute Gasteiger partial charge is 0.233 e. The summed E-state index contributed by atoms with van der Waals surface area (Å²) in [6, 6.07) is 9.78. The third-order valence-electron chi connectivity index (χ3n) is 5.98. The van der Waals surface area contributed by atoms with Crippen molar-refractivity contribution in [2.24, 2.45) is 11.8 Å². The molecule has 0 N–H and O–H groups in total. The Kier molecular flexibility index (Phi) is 5.47. The van der Waals surface area contributed by atoms with Gasteiger partial charge in [-0.3, -0.25) is 19.3 Å². The minimum absolute atomic E-state index is 0.0840. The van der Waals surface area contributed by atoms with Crippen molar-refractivity contribution in [3.8, 4) is 5.69 Å². The van der Waals surface area contributed by atoms with Gasteiger partial charge < -0.3 is 4.90 Å². The third-order valence-corrected chi connectivity index (χ3v) is 5.98. The standard InChI is InChI=1S/C22H26N4O3/c1-24(14-16-13-23-26(15-16)17-7-3-2-4-8-17)20(27)11-12-25-21(28)18-9-5-6-10-19(18)22(25)29/h2-4,7-8,13,15,18-19H,5-6,9-12,14H2,1H3/t18-,19-/m0/s1. The molecule has 2 atom stereocenters. The fourth-order valence-electron chi connectivity index (χ4n) is 4.38. The molecule has 0 spiro atoms. The van der Waals surface area contributed by atoms with Crippen molar-refractivity contribution in [1.82, 2.24) is 19.6 Å². The average Bonchev–Trinajstić information content (AvgIpc) is 3.31. The van der Waals surface area contributed by atoms with E-state index in [9.17, 15) is 14.4 Å². The minimum Gasteiger partial charge on any atom is -0.341 e. The molecule has 4 rings (SSSR count). The van der Waals surface area contributed by atoms with E-state index in [1.807, 2.05) is 36.5 Å². The second kappa shape index (κ2) is 8.19. The van der Waals surface area contributed by atoms with Crippen LogP contribution in [-0.4, -0.2) is 50.9 Å². The Labute approximate surface area is 170 Å². The monoisotopic (exact) mass is 394 g/mol. The Hall–Kier alpha value is -2.96. The number of imide groups is 1. The van der Waals surface area contributed by atoms with Gasteiger partial charge in [0.1, 0.15) is 0 Å². The molecule has 1 saturated heterocycles. The number of carbonyl (C=O) groups excluding carboxylic acids is 3. The molecule has 1 aromatic carbocycles. The summed E-state index contributed by atoms with van der Waals surface area (Å²) in [5.41, 5.74) is 1.88. The normalized spacial score (nSPS) is 21.3. The quantitative estimate of drug-likeness (QED) is 0.705. The van der Waals surface area contributed by atoms with Crippen molar-refractivity contribution in [1.29, 1.82) is 0 Å². The molecule has 2 fully saturated rings. The SMILES string of the molecule is CN(Cc1cnn(-c2ccccc2)c1)C(=O)CCN1C(=O)[C@H]2CCCC[C@@H]2C1=O. The Morgan fingerprint density at radius 1 is 1.10 bits per heavy atom. The topological polar surface area (TPSA) is 75.5 Å². The van der Waals surface area contributed by atoms with Gasteiger partial charge in [0.05, 0.1) is 23.7 Å². The third kappa shape index (κ3) is 3.95. The molecule has 0 bridgehead atoms. The van der Waals surface area contributed by atoms with Crippen molar-refractivity contribution >= 4 is 17.7 Å². The highest BCUT2D eigenvalue weighted by Crippen LogP contribution is 2.38. The van der Waals surface area contributed by atoms with E-state index in [4.69, 9.17) is 0 Å². The van der Waals surface area contributed by atoms with Gasteiger partial charge in [-0.15, -0.1) is 0 Å². The Morgan fingerprint density at radius 2 is 1.76 bits per heavy atom. The van der Waals surface area contributed by atoms with E-state index in [0.29, 0.717) is 6.54 Å². The number of para-hydroxylation sites is 1. The first-order chi connectivity index (χ1) is 14.0. The van der Waals surface area contributed by atoms with Crippen LogP contribution in [0.3, 0.4) is 0 Å². The van der Waals surface area contributed by atoms with E-state index in [0.717, 1.165) is 36.9 Å². The predicted molar refractivity (Wildman–Crippen MR) is 107 cm³/mol. The summed E-state index contributed by atoms with van der Waals surface area (Å²) in [6.45, 7) is 0.607. The van der Waals surface area contributed by atoms with Gasteiger partial charge >= 0.3 is 0 Å². The van der Waals surface area contributed by atoms with Crippen LogP contribution >= 0.6 is 0 Å². The molecule has 1 aliphatic heterocycles. The van der Waals surface area contributed by atoms with Crippen LogP contribution in [0.1, 0.15) is 37.7 Å². The van der Waals surface area contributed by atoms with Crippen LogP contribution < -0.4 is 0 Å². The summed E-state index contributed by atoms with van der Waals surface area (Å²) in [7, 11) is 1.73. The molecule has 1 saturated carbocycles. The maximum absolute atomic E-state index is 12.6. The van der Waals surface area contributed by atoms with Crippen molar-refractivity contribution < 1.29 is 14.4 Å². The largest absolute Gasteiger partial charge is 0.341 e. The number of fused-ring (bicyclic) bond motifs is 1. The molecule has 152 valence electrons. The molecule has 2 aliphatic rings. The first-order valence-electron chi connectivity index (χ1n) is 10.2. The van der Waals surface area contributed by atoms with Crippen LogP contribution in [0.25, 0.3) is 5.69 Å². The maximum Gasteiger partial charge on any atom is 0.233 e. The lowest BCUT2D eigenvalue weighted by atomic mass is 9.81. The highest BCUT2D eigenvalue weighted by molar-refractivity contribution is 6.05. The van der Waals surface area contributed by atoms with Gasteiger partial charge in [-0.1, -0.05) is 31.0 Å². The lowest BCUT2D eigenvalue weighted by molar-refractivity contribution is -0.140. The van der Waals surface area contributed by atoms with Gasteiger partial charge in [0.2, 0.25) is 17.7 Å². The number of benzene rings is 1. The fraction of sp³-hybridized carbons (Fsp3) is 0.455. The van der Waals surface area contributed by atoms with Crippen LogP contribution in [0.2, 0.25) is 0 Å². The molecule has 3 amide bonds. The van der Waals surface area contributed by atoms with Gasteiger partial charge in [-0.05, 0) is 25.0 Å². The number of carbonyl (C=O) groups is 3. The lowest BCUT2D eigenvalue weighted by Gasteiger charge is -2.19. The van der Waals surface area contributed by atoms with Crippen molar-refractivity contribution in [2.75, 3.05) is 13.6 Å². The Bertz CT molecular complexity index is 884. The molecular formula is C22H26N4O3. The van der Waals surface area contributed by atoms with E-state index in [1.54, 1.807) is 22.8 Å². The van der Waals surface area contributed by atoms with E-state index in [2.05, 4.69) is 5.10 Å². The molecule has 7 heteroatoms. The summed E-state index contributed by atoms with van der Waals surface area (Å²) < 4.78 is 1.77. The number of hydrogen-bond acceptors (Lipinski definition) is 4. The Morgan fingerprint density at radius 3 is 2.41 bits per heavy atom. The van der Waals surface area contributed by atoms with Crippen LogP contribution in [0, 0.1) is 11.8 Å². The number of likely N-dealkylation sites (tertiary alicyclic amines) is 1. The highest BCUT2D eigenvalue weighted by Gasteiger charge is 2.47. The van der Waals surface area contributed by atoms with Gasteiger partial charge in [-0.25, -0.2) is 4.68 Å². The van der Waals surface area contributed by atoms with Gasteiger partial charge in [0, 0.05) is 38.3 Å². The summed E-state index contributed by atoms with van der Waals surface area (Å²) in [5.74, 6) is -0.577. The maximum atomic E-state index is 12.6. The van der Waals surface area contributed by atoms with Crippen LogP contribution in [0.5, 0.6) is 0 Å². The summed E-state index contributed by atoms with van der Waals surface area (Å²) in [5, 5.41) is 4.35. The molecule has 1 aliphatic carbocycles. The summed E-state index contributed by atoms with van der Waals surface area (Å²) in [6.07, 6.45) is 7.40. The van der Waals surface area contributed by atoms with Gasteiger partial charge in [-0.2, -0.15) is 5.10 Å². The summed E-state index contributed by atoms with van der Waals surface area (Å²) in [4.78, 5) is 40.6. The highest BCUT2D eigenvalue weighted by atomic mass is 16.2. The lowest BCUT2D eigenvalue weighted by Crippen LogP contribution is -2.36. The average molecular weight is 394 g/mol. The molecule has 7 nitrogen and oxygen atoms in total. The number of hydrogen-bond donors (Lipinski definition) is 0. The van der Waals surface area contributed by atoms with E-state index in [-0.39, 0.29) is 42.5 Å². The van der Waals surface area contributed by atoms with Gasteiger partial charge in [0.25, 0.3) is 0 Å². The molecule has 2 heterocycles. The van der Waals surface area contributed by atoms with E-state index < -0.39 is 0 Å².